The highest BCUT2D eigenvalue weighted by atomic mass is 16.5. The van der Waals surface area contributed by atoms with E-state index in [0.29, 0.717) is 13.2 Å². The van der Waals surface area contributed by atoms with Crippen LogP contribution >= 0.6 is 0 Å². The summed E-state index contributed by atoms with van der Waals surface area (Å²) in [7, 11) is 0. The van der Waals surface area contributed by atoms with E-state index in [2.05, 4.69) is 18.3 Å². The first-order chi connectivity index (χ1) is 8.06. The molecule has 0 aliphatic rings. The number of hydrogen-bond donors (Lipinski definition) is 2. The number of aryl methyl sites for hydroxylation is 2. The molecule has 0 bridgehead atoms. The molecule has 1 aromatic carbocycles. The maximum Gasteiger partial charge on any atom is 0.125 e. The fraction of sp³-hybridized carbons (Fsp3) is 0.571. The van der Waals surface area contributed by atoms with Gasteiger partial charge in [0.05, 0.1) is 0 Å². The third-order valence-corrected chi connectivity index (χ3v) is 2.92. The van der Waals surface area contributed by atoms with Crippen molar-refractivity contribution >= 4 is 0 Å². The third-order valence-electron chi connectivity index (χ3n) is 2.92. The van der Waals surface area contributed by atoms with Crippen molar-refractivity contribution in [2.75, 3.05) is 19.7 Å². The van der Waals surface area contributed by atoms with Crippen molar-refractivity contribution in [2.45, 2.75) is 33.8 Å². The van der Waals surface area contributed by atoms with Gasteiger partial charge >= 0.3 is 0 Å². The van der Waals surface area contributed by atoms with E-state index < -0.39 is 6.10 Å². The lowest BCUT2D eigenvalue weighted by molar-refractivity contribution is 0.106. The molecule has 1 atom stereocenters. The van der Waals surface area contributed by atoms with E-state index in [1.54, 1.807) is 0 Å². The molecular formula is C14H23NO2. The van der Waals surface area contributed by atoms with Gasteiger partial charge in [-0.05, 0) is 44.0 Å². The molecule has 0 aromatic heterocycles. The van der Waals surface area contributed by atoms with Crippen LogP contribution in [-0.2, 0) is 0 Å². The van der Waals surface area contributed by atoms with E-state index in [4.69, 9.17) is 4.74 Å². The Morgan fingerprint density at radius 1 is 1.24 bits per heavy atom. The highest BCUT2D eigenvalue weighted by Gasteiger charge is 2.09. The number of ether oxygens (including phenoxy) is 1. The molecule has 96 valence electrons. The third kappa shape index (κ3) is 4.02. The molecule has 2 N–H and O–H groups in total. The standard InChI is InChI=1S/C14H23NO2/c1-5-15-8-13(16)9-17-14-11(3)7-6-10(2)12(14)4/h6-7,13,15-16H,5,8-9H2,1-4H3. The molecule has 0 aliphatic heterocycles. The van der Waals surface area contributed by atoms with Crippen molar-refractivity contribution in [3.63, 3.8) is 0 Å². The van der Waals surface area contributed by atoms with Crippen LogP contribution < -0.4 is 10.1 Å². The smallest absolute Gasteiger partial charge is 0.125 e. The zero-order valence-corrected chi connectivity index (χ0v) is 11.2. The van der Waals surface area contributed by atoms with Crippen LogP contribution in [0, 0.1) is 20.8 Å². The highest BCUT2D eigenvalue weighted by Crippen LogP contribution is 2.25. The van der Waals surface area contributed by atoms with E-state index >= 15 is 0 Å². The van der Waals surface area contributed by atoms with Crippen molar-refractivity contribution in [3.05, 3.63) is 28.8 Å². The lowest BCUT2D eigenvalue weighted by Gasteiger charge is -2.17. The minimum Gasteiger partial charge on any atom is -0.490 e. The fourth-order valence-electron chi connectivity index (χ4n) is 1.70. The van der Waals surface area contributed by atoms with Crippen LogP contribution in [0.2, 0.25) is 0 Å². The van der Waals surface area contributed by atoms with Crippen LogP contribution in [0.3, 0.4) is 0 Å². The molecule has 0 heterocycles. The zero-order chi connectivity index (χ0) is 12.8. The first-order valence-corrected chi connectivity index (χ1v) is 6.14. The van der Waals surface area contributed by atoms with Crippen LogP contribution in [0.15, 0.2) is 12.1 Å². The SMILES string of the molecule is CCNCC(O)COc1c(C)ccc(C)c1C. The molecule has 17 heavy (non-hydrogen) atoms. The van der Waals surface area contributed by atoms with Gasteiger partial charge in [0.2, 0.25) is 0 Å². The minimum absolute atomic E-state index is 0.331. The van der Waals surface area contributed by atoms with Gasteiger partial charge in [0.1, 0.15) is 18.5 Å². The Labute approximate surface area is 104 Å². The molecule has 0 saturated heterocycles. The van der Waals surface area contributed by atoms with Crippen molar-refractivity contribution < 1.29 is 9.84 Å². The number of benzene rings is 1. The van der Waals surface area contributed by atoms with Crippen LogP contribution in [0.1, 0.15) is 23.6 Å². The van der Waals surface area contributed by atoms with Crippen LogP contribution in [0.5, 0.6) is 5.75 Å². The molecule has 1 rings (SSSR count). The van der Waals surface area contributed by atoms with Crippen LogP contribution in [0.4, 0.5) is 0 Å². The molecule has 0 radical (unpaired) electrons. The Morgan fingerprint density at radius 2 is 1.88 bits per heavy atom. The number of nitrogens with one attached hydrogen (secondary N) is 1. The van der Waals surface area contributed by atoms with E-state index in [1.165, 1.54) is 5.56 Å². The normalized spacial score (nSPS) is 12.5. The topological polar surface area (TPSA) is 41.5 Å². The van der Waals surface area contributed by atoms with E-state index in [1.807, 2.05) is 26.8 Å². The van der Waals surface area contributed by atoms with Crippen molar-refractivity contribution in [3.8, 4) is 5.75 Å². The van der Waals surface area contributed by atoms with Crippen LogP contribution in [-0.4, -0.2) is 30.9 Å². The van der Waals surface area contributed by atoms with Gasteiger partial charge in [0.25, 0.3) is 0 Å². The Balaban J connectivity index is 2.60. The van der Waals surface area contributed by atoms with Gasteiger partial charge < -0.3 is 15.2 Å². The summed E-state index contributed by atoms with van der Waals surface area (Å²) in [6.07, 6.45) is -0.464. The van der Waals surface area contributed by atoms with Crippen LogP contribution in [0.25, 0.3) is 0 Å². The Bertz CT molecular complexity index is 363. The van der Waals surface area contributed by atoms with Gasteiger partial charge in [0, 0.05) is 6.54 Å². The number of aliphatic hydroxyl groups is 1. The van der Waals surface area contributed by atoms with Gasteiger partial charge in [-0.3, -0.25) is 0 Å². The molecule has 0 saturated carbocycles. The Morgan fingerprint density at radius 3 is 2.53 bits per heavy atom. The predicted octanol–water partition coefficient (Wildman–Crippen LogP) is 1.96. The Kier molecular flexibility index (Phi) is 5.45. The predicted molar refractivity (Wildman–Crippen MR) is 70.7 cm³/mol. The number of hydrogen-bond acceptors (Lipinski definition) is 3. The van der Waals surface area contributed by atoms with E-state index in [0.717, 1.165) is 23.4 Å². The summed E-state index contributed by atoms with van der Waals surface area (Å²) in [5.41, 5.74) is 3.48. The monoisotopic (exact) mass is 237 g/mol. The van der Waals surface area contributed by atoms with Gasteiger partial charge in [-0.2, -0.15) is 0 Å². The second-order valence-electron chi connectivity index (χ2n) is 4.43. The number of rotatable bonds is 6. The van der Waals surface area contributed by atoms with Crippen molar-refractivity contribution in [2.24, 2.45) is 0 Å². The summed E-state index contributed by atoms with van der Waals surface area (Å²) in [5.74, 6) is 0.903. The lowest BCUT2D eigenvalue weighted by Crippen LogP contribution is -2.31. The molecule has 1 unspecified atom stereocenters. The summed E-state index contributed by atoms with van der Waals surface area (Å²) in [6.45, 7) is 9.92. The molecule has 0 aliphatic carbocycles. The zero-order valence-electron chi connectivity index (χ0n) is 11.2. The molecular weight excluding hydrogens is 214 g/mol. The molecule has 3 nitrogen and oxygen atoms in total. The van der Waals surface area contributed by atoms with Crippen molar-refractivity contribution in [1.82, 2.24) is 5.32 Å². The van der Waals surface area contributed by atoms with E-state index in [-0.39, 0.29) is 0 Å². The molecule has 0 spiro atoms. The average Bonchev–Trinajstić information content (AvgIpc) is 2.31. The maximum atomic E-state index is 9.71. The van der Waals surface area contributed by atoms with Gasteiger partial charge in [0.15, 0.2) is 0 Å². The largest absolute Gasteiger partial charge is 0.490 e. The first kappa shape index (κ1) is 14.0. The number of aliphatic hydroxyl groups excluding tert-OH is 1. The maximum absolute atomic E-state index is 9.71. The van der Waals surface area contributed by atoms with E-state index in [9.17, 15) is 5.11 Å². The quantitative estimate of drug-likeness (QED) is 0.794. The lowest BCUT2D eigenvalue weighted by atomic mass is 10.1. The summed E-state index contributed by atoms with van der Waals surface area (Å²) in [6, 6.07) is 4.14. The second-order valence-corrected chi connectivity index (χ2v) is 4.43. The highest BCUT2D eigenvalue weighted by molar-refractivity contribution is 5.44. The molecule has 0 amide bonds. The Hall–Kier alpha value is -1.06. The van der Waals surface area contributed by atoms with Gasteiger partial charge in [-0.25, -0.2) is 0 Å². The van der Waals surface area contributed by atoms with Gasteiger partial charge in [-0.15, -0.1) is 0 Å². The fourth-order valence-corrected chi connectivity index (χ4v) is 1.70. The summed E-state index contributed by atoms with van der Waals surface area (Å²) in [5, 5.41) is 12.8. The average molecular weight is 237 g/mol. The molecule has 3 heteroatoms. The summed E-state index contributed by atoms with van der Waals surface area (Å²) < 4.78 is 5.72. The van der Waals surface area contributed by atoms with Gasteiger partial charge in [-0.1, -0.05) is 19.1 Å². The molecule has 1 aromatic rings. The summed E-state index contributed by atoms with van der Waals surface area (Å²) in [4.78, 5) is 0. The minimum atomic E-state index is -0.464. The number of likely N-dealkylation sites (N-methyl/N-ethyl adjacent to an activating group) is 1. The van der Waals surface area contributed by atoms with Crippen molar-refractivity contribution in [1.29, 1.82) is 0 Å². The molecule has 0 fully saturated rings. The second kappa shape index (κ2) is 6.62. The first-order valence-electron chi connectivity index (χ1n) is 6.14. The summed E-state index contributed by atoms with van der Waals surface area (Å²) >= 11 is 0.